The van der Waals surface area contributed by atoms with Gasteiger partial charge >= 0.3 is 0 Å². The predicted molar refractivity (Wildman–Crippen MR) is 81.2 cm³/mol. The lowest BCUT2D eigenvalue weighted by Crippen LogP contribution is -1.94. The van der Waals surface area contributed by atoms with Crippen molar-refractivity contribution in [3.05, 3.63) is 66.4 Å². The van der Waals surface area contributed by atoms with Crippen molar-refractivity contribution in [2.45, 2.75) is 19.8 Å². The first-order chi connectivity index (χ1) is 9.38. The third kappa shape index (κ3) is 2.37. The average Bonchev–Trinajstić information content (AvgIpc) is 2.48. The van der Waals surface area contributed by atoms with Crippen molar-refractivity contribution in [1.29, 1.82) is 0 Å². The van der Waals surface area contributed by atoms with E-state index in [9.17, 15) is 0 Å². The van der Waals surface area contributed by atoms with E-state index >= 15 is 0 Å². The Kier molecular flexibility index (Phi) is 3.28. The summed E-state index contributed by atoms with van der Waals surface area (Å²) in [4.78, 5) is 4.86. The highest BCUT2D eigenvalue weighted by molar-refractivity contribution is 5.87. The largest absolute Gasteiger partial charge is 0.252 e. The Hall–Kier alpha value is -2.15. The smallest absolute Gasteiger partial charge is 0.0711 e. The molecule has 0 amide bonds. The van der Waals surface area contributed by atoms with Gasteiger partial charge in [0.2, 0.25) is 0 Å². The van der Waals surface area contributed by atoms with Gasteiger partial charge < -0.3 is 0 Å². The molecule has 2 aromatic carbocycles. The maximum atomic E-state index is 4.86. The molecule has 0 aliphatic carbocycles. The van der Waals surface area contributed by atoms with E-state index in [4.69, 9.17) is 4.98 Å². The van der Waals surface area contributed by atoms with E-state index in [1.807, 2.05) is 6.07 Å². The summed E-state index contributed by atoms with van der Waals surface area (Å²) in [5, 5.41) is 2.56. The minimum absolute atomic E-state index is 1.03. The van der Waals surface area contributed by atoms with Gasteiger partial charge in [0.15, 0.2) is 0 Å². The van der Waals surface area contributed by atoms with Gasteiger partial charge in [-0.1, -0.05) is 67.9 Å². The Bertz CT molecular complexity index is 686. The molecule has 0 saturated heterocycles. The molecule has 1 aromatic heterocycles. The van der Waals surface area contributed by atoms with Crippen LogP contribution in [-0.2, 0) is 6.42 Å². The number of nitrogens with zero attached hydrogens (tertiary/aromatic N) is 1. The van der Waals surface area contributed by atoms with E-state index in [1.165, 1.54) is 22.0 Å². The number of hydrogen-bond donors (Lipinski definition) is 0. The molecule has 0 aliphatic rings. The van der Waals surface area contributed by atoms with Crippen LogP contribution in [0.5, 0.6) is 0 Å². The van der Waals surface area contributed by atoms with Gasteiger partial charge in [-0.25, -0.2) is 0 Å². The predicted octanol–water partition coefficient (Wildman–Crippen LogP) is 4.85. The molecule has 0 atom stereocenters. The first-order valence-corrected chi connectivity index (χ1v) is 6.82. The quantitative estimate of drug-likeness (QED) is 0.644. The van der Waals surface area contributed by atoms with Crippen molar-refractivity contribution in [2.24, 2.45) is 0 Å². The zero-order valence-electron chi connectivity index (χ0n) is 11.1. The molecule has 94 valence electrons. The zero-order valence-corrected chi connectivity index (χ0v) is 11.1. The van der Waals surface area contributed by atoms with Crippen molar-refractivity contribution in [1.82, 2.24) is 4.98 Å². The highest BCUT2D eigenvalue weighted by atomic mass is 14.7. The van der Waals surface area contributed by atoms with E-state index in [0.29, 0.717) is 0 Å². The first kappa shape index (κ1) is 11.9. The van der Waals surface area contributed by atoms with Crippen LogP contribution < -0.4 is 0 Å². The minimum Gasteiger partial charge on any atom is -0.252 e. The monoisotopic (exact) mass is 247 g/mol. The Balaban J connectivity index is 2.22. The summed E-state index contributed by atoms with van der Waals surface area (Å²) in [6.07, 6.45) is 2.15. The Morgan fingerprint density at radius 2 is 1.63 bits per heavy atom. The summed E-state index contributed by atoms with van der Waals surface area (Å²) < 4.78 is 0. The molecule has 0 bridgehead atoms. The average molecular weight is 247 g/mol. The number of benzene rings is 2. The number of aryl methyl sites for hydroxylation is 1. The Morgan fingerprint density at radius 1 is 0.895 bits per heavy atom. The fourth-order valence-corrected chi connectivity index (χ4v) is 2.46. The summed E-state index contributed by atoms with van der Waals surface area (Å²) >= 11 is 0. The number of pyridine rings is 1. The van der Waals surface area contributed by atoms with Gasteiger partial charge in [0, 0.05) is 16.6 Å². The SMILES string of the molecule is CCCc1nc(-c2ccccc2)cc2ccccc12. The lowest BCUT2D eigenvalue weighted by molar-refractivity contribution is 0.894. The second kappa shape index (κ2) is 5.23. The van der Waals surface area contributed by atoms with Crippen molar-refractivity contribution < 1.29 is 0 Å². The Labute approximate surface area is 113 Å². The topological polar surface area (TPSA) is 12.9 Å². The van der Waals surface area contributed by atoms with Crippen LogP contribution in [-0.4, -0.2) is 4.98 Å². The molecule has 0 aliphatic heterocycles. The van der Waals surface area contributed by atoms with Crippen LogP contribution in [0.3, 0.4) is 0 Å². The van der Waals surface area contributed by atoms with Gasteiger partial charge in [0.25, 0.3) is 0 Å². The third-order valence-corrected chi connectivity index (χ3v) is 3.38. The van der Waals surface area contributed by atoms with Gasteiger partial charge in [-0.05, 0) is 17.9 Å². The molecule has 1 heterocycles. The van der Waals surface area contributed by atoms with Crippen molar-refractivity contribution >= 4 is 10.8 Å². The minimum atomic E-state index is 1.03. The normalized spacial score (nSPS) is 10.8. The molecule has 0 spiro atoms. The van der Waals surface area contributed by atoms with Crippen molar-refractivity contribution in [2.75, 3.05) is 0 Å². The summed E-state index contributed by atoms with van der Waals surface area (Å²) in [6, 6.07) is 21.1. The first-order valence-electron chi connectivity index (χ1n) is 6.82. The molecule has 0 N–H and O–H groups in total. The molecular weight excluding hydrogens is 230 g/mol. The van der Waals surface area contributed by atoms with E-state index in [-0.39, 0.29) is 0 Å². The van der Waals surface area contributed by atoms with Crippen LogP contribution in [0.15, 0.2) is 60.7 Å². The molecule has 0 unspecified atom stereocenters. The van der Waals surface area contributed by atoms with Crippen LogP contribution in [0.25, 0.3) is 22.0 Å². The van der Waals surface area contributed by atoms with Crippen LogP contribution >= 0.6 is 0 Å². The molecule has 0 radical (unpaired) electrons. The standard InChI is InChI=1S/C18H17N/c1-2-8-17-16-12-7-6-11-15(16)13-18(19-17)14-9-4-3-5-10-14/h3-7,9-13H,2,8H2,1H3. The molecule has 1 nitrogen and oxygen atoms in total. The van der Waals surface area contributed by atoms with Crippen LogP contribution in [0.2, 0.25) is 0 Å². The molecule has 3 aromatic rings. The molecular formula is C18H17N. The van der Waals surface area contributed by atoms with E-state index in [1.54, 1.807) is 0 Å². The third-order valence-electron chi connectivity index (χ3n) is 3.38. The number of rotatable bonds is 3. The lowest BCUT2D eigenvalue weighted by atomic mass is 10.0. The number of fused-ring (bicyclic) bond motifs is 1. The summed E-state index contributed by atoms with van der Waals surface area (Å²) in [5.41, 5.74) is 3.47. The summed E-state index contributed by atoms with van der Waals surface area (Å²) in [7, 11) is 0. The fraction of sp³-hybridized carbons (Fsp3) is 0.167. The van der Waals surface area contributed by atoms with Crippen LogP contribution in [0.1, 0.15) is 19.0 Å². The molecule has 0 saturated carbocycles. The highest BCUT2D eigenvalue weighted by Crippen LogP contribution is 2.25. The highest BCUT2D eigenvalue weighted by Gasteiger charge is 2.06. The number of hydrogen-bond acceptors (Lipinski definition) is 1. The maximum Gasteiger partial charge on any atom is 0.0711 e. The second-order valence-electron chi connectivity index (χ2n) is 4.79. The molecule has 3 rings (SSSR count). The maximum absolute atomic E-state index is 4.86. The number of aromatic nitrogens is 1. The molecule has 0 fully saturated rings. The van der Waals surface area contributed by atoms with Gasteiger partial charge in [0.1, 0.15) is 0 Å². The summed E-state index contributed by atoms with van der Waals surface area (Å²) in [6.45, 7) is 2.20. The van der Waals surface area contributed by atoms with Gasteiger partial charge in [-0.3, -0.25) is 4.98 Å². The van der Waals surface area contributed by atoms with E-state index in [2.05, 4.69) is 61.5 Å². The van der Waals surface area contributed by atoms with Gasteiger partial charge in [-0.15, -0.1) is 0 Å². The van der Waals surface area contributed by atoms with Crippen LogP contribution in [0, 0.1) is 0 Å². The Morgan fingerprint density at radius 3 is 2.42 bits per heavy atom. The van der Waals surface area contributed by atoms with Gasteiger partial charge in [-0.2, -0.15) is 0 Å². The second-order valence-corrected chi connectivity index (χ2v) is 4.79. The van der Waals surface area contributed by atoms with E-state index in [0.717, 1.165) is 18.5 Å². The van der Waals surface area contributed by atoms with Crippen LogP contribution in [0.4, 0.5) is 0 Å². The zero-order chi connectivity index (χ0) is 13.1. The van der Waals surface area contributed by atoms with Crippen molar-refractivity contribution in [3.8, 4) is 11.3 Å². The molecule has 19 heavy (non-hydrogen) atoms. The lowest BCUT2D eigenvalue weighted by Gasteiger charge is -2.09. The summed E-state index contributed by atoms with van der Waals surface area (Å²) in [5.74, 6) is 0. The van der Waals surface area contributed by atoms with Crippen molar-refractivity contribution in [3.63, 3.8) is 0 Å². The fourth-order valence-electron chi connectivity index (χ4n) is 2.46. The molecule has 1 heteroatoms. The van der Waals surface area contributed by atoms with E-state index < -0.39 is 0 Å². The van der Waals surface area contributed by atoms with Gasteiger partial charge in [0.05, 0.1) is 5.69 Å².